The van der Waals surface area contributed by atoms with Gasteiger partial charge >= 0.3 is 0 Å². The summed E-state index contributed by atoms with van der Waals surface area (Å²) >= 11 is 0. The summed E-state index contributed by atoms with van der Waals surface area (Å²) in [6.07, 6.45) is 7.36. The number of benzene rings is 6. The summed E-state index contributed by atoms with van der Waals surface area (Å²) in [6.45, 7) is 0. The van der Waals surface area contributed by atoms with Crippen LogP contribution in [-0.4, -0.2) is 38.7 Å². The van der Waals surface area contributed by atoms with E-state index in [1.54, 1.807) is 0 Å². The van der Waals surface area contributed by atoms with E-state index in [1.807, 2.05) is 49.1 Å². The lowest BCUT2D eigenvalue weighted by Gasteiger charge is -2.14. The SMILES string of the molecule is c1ccc2c(c1)c1ccc(-c3ccc4c5ccccc5c5nc6c7cccnc7c7ncccc7c6n5c4c3)cc1n1c2nc2c3cccnc3c3ncccc3c21. The minimum atomic E-state index is 0.859. The van der Waals surface area contributed by atoms with E-state index in [-0.39, 0.29) is 0 Å². The second kappa shape index (κ2) is 10.8. The highest BCUT2D eigenvalue weighted by molar-refractivity contribution is 6.26. The molecule has 0 aliphatic heterocycles. The van der Waals surface area contributed by atoms with Crippen molar-refractivity contribution < 1.29 is 0 Å². The van der Waals surface area contributed by atoms with Crippen LogP contribution in [0.5, 0.6) is 0 Å². The van der Waals surface area contributed by atoms with Gasteiger partial charge in [0.2, 0.25) is 0 Å². The molecule has 0 atom stereocenters. The fourth-order valence-electron chi connectivity index (χ4n) is 9.76. The van der Waals surface area contributed by atoms with Crippen molar-refractivity contribution in [1.29, 1.82) is 0 Å². The Bertz CT molecular complexity index is 3890. The quantitative estimate of drug-likeness (QED) is 0.156. The lowest BCUT2D eigenvalue weighted by Crippen LogP contribution is -1.95. The van der Waals surface area contributed by atoms with Crippen molar-refractivity contribution in [2.24, 2.45) is 0 Å². The van der Waals surface area contributed by atoms with Gasteiger partial charge in [-0.3, -0.25) is 28.7 Å². The Hall–Kier alpha value is -8.10. The molecular weight excluding hydrogens is 713 g/mol. The Morgan fingerprint density at radius 2 is 0.655 bits per heavy atom. The van der Waals surface area contributed by atoms with Crippen LogP contribution in [-0.2, 0) is 0 Å². The number of pyridine rings is 6. The smallest absolute Gasteiger partial charge is 0.146 e. The van der Waals surface area contributed by atoms with Gasteiger partial charge in [0.25, 0.3) is 0 Å². The normalized spacial score (nSPS) is 12.5. The van der Waals surface area contributed by atoms with E-state index in [1.165, 1.54) is 0 Å². The number of nitrogens with zero attached hydrogens (tertiary/aromatic N) is 8. The van der Waals surface area contributed by atoms with Crippen LogP contribution in [0, 0.1) is 0 Å². The Labute approximate surface area is 327 Å². The van der Waals surface area contributed by atoms with Crippen molar-refractivity contribution in [3.63, 3.8) is 0 Å². The molecule has 8 nitrogen and oxygen atoms in total. The average molecular weight is 739 g/mol. The first kappa shape index (κ1) is 30.2. The van der Waals surface area contributed by atoms with Gasteiger partial charge in [-0.1, -0.05) is 72.8 Å². The van der Waals surface area contributed by atoms with Crippen LogP contribution < -0.4 is 0 Å². The zero-order valence-electron chi connectivity index (χ0n) is 30.6. The minimum absolute atomic E-state index is 0.859. The summed E-state index contributed by atoms with van der Waals surface area (Å²) in [5.41, 5.74) is 13.5. The van der Waals surface area contributed by atoms with Gasteiger partial charge in [-0.15, -0.1) is 0 Å². The van der Waals surface area contributed by atoms with Gasteiger partial charge in [-0.05, 0) is 82.6 Å². The molecule has 0 amide bonds. The Morgan fingerprint density at radius 3 is 1.09 bits per heavy atom. The summed E-state index contributed by atoms with van der Waals surface area (Å²) in [5, 5.41) is 10.9. The predicted molar refractivity (Wildman–Crippen MR) is 236 cm³/mol. The third-order valence-electron chi connectivity index (χ3n) is 12.2. The second-order valence-electron chi connectivity index (χ2n) is 15.1. The maximum absolute atomic E-state index is 5.42. The van der Waals surface area contributed by atoms with Crippen molar-refractivity contribution in [2.75, 3.05) is 0 Å². The molecule has 14 rings (SSSR count). The maximum Gasteiger partial charge on any atom is 0.146 e. The molecule has 0 aliphatic carbocycles. The molecule has 6 aromatic carbocycles. The Balaban J connectivity index is 1.14. The average Bonchev–Trinajstić information content (AvgIpc) is 3.91. The van der Waals surface area contributed by atoms with Crippen LogP contribution in [0.25, 0.3) is 131 Å². The Kier molecular flexibility index (Phi) is 5.62. The highest BCUT2D eigenvalue weighted by Gasteiger charge is 2.22. The third-order valence-corrected chi connectivity index (χ3v) is 12.2. The fraction of sp³-hybridized carbons (Fsp3) is 0. The number of rotatable bonds is 1. The predicted octanol–water partition coefficient (Wildman–Crippen LogP) is 11.8. The van der Waals surface area contributed by atoms with E-state index in [0.29, 0.717) is 0 Å². The zero-order chi connectivity index (χ0) is 37.6. The first-order valence-electron chi connectivity index (χ1n) is 19.4. The van der Waals surface area contributed by atoms with Crippen LogP contribution in [0.3, 0.4) is 0 Å². The molecule has 8 heteroatoms. The minimum Gasteiger partial charge on any atom is -0.291 e. The van der Waals surface area contributed by atoms with Gasteiger partial charge in [0, 0.05) is 67.9 Å². The number of fused-ring (bicyclic) bond motifs is 26. The number of aromatic nitrogens is 8. The summed E-state index contributed by atoms with van der Waals surface area (Å²) in [6, 6.07) is 47.4. The fourth-order valence-corrected chi connectivity index (χ4v) is 9.76. The van der Waals surface area contributed by atoms with Gasteiger partial charge in [0.15, 0.2) is 0 Å². The highest BCUT2D eigenvalue weighted by Crippen LogP contribution is 2.42. The number of hydrogen-bond acceptors (Lipinski definition) is 6. The van der Waals surface area contributed by atoms with Crippen LogP contribution in [0.2, 0.25) is 0 Å². The highest BCUT2D eigenvalue weighted by atomic mass is 15.0. The van der Waals surface area contributed by atoms with Crippen molar-refractivity contribution in [3.05, 3.63) is 158 Å². The number of hydrogen-bond donors (Lipinski definition) is 0. The lowest BCUT2D eigenvalue weighted by molar-refractivity contribution is 1.31. The van der Waals surface area contributed by atoms with Gasteiger partial charge in [0.05, 0.1) is 55.2 Å². The van der Waals surface area contributed by atoms with E-state index >= 15 is 0 Å². The number of imidazole rings is 2. The molecule has 0 saturated carbocycles. The monoisotopic (exact) mass is 738 g/mol. The molecule has 58 heavy (non-hydrogen) atoms. The van der Waals surface area contributed by atoms with Crippen LogP contribution >= 0.6 is 0 Å². The molecule has 266 valence electrons. The molecule has 0 N–H and O–H groups in total. The van der Waals surface area contributed by atoms with Crippen molar-refractivity contribution in [3.8, 4) is 11.1 Å². The van der Waals surface area contributed by atoms with Gasteiger partial charge < -0.3 is 0 Å². The van der Waals surface area contributed by atoms with Gasteiger partial charge in [0.1, 0.15) is 11.3 Å². The van der Waals surface area contributed by atoms with Gasteiger partial charge in [-0.2, -0.15) is 0 Å². The Morgan fingerprint density at radius 1 is 0.293 bits per heavy atom. The first-order chi connectivity index (χ1) is 28.8. The summed E-state index contributed by atoms with van der Waals surface area (Å²) in [5.74, 6) is 0. The zero-order valence-corrected chi connectivity index (χ0v) is 30.6. The molecule has 0 aliphatic rings. The van der Waals surface area contributed by atoms with E-state index in [0.717, 1.165) is 131 Å². The van der Waals surface area contributed by atoms with Crippen LogP contribution in [0.4, 0.5) is 0 Å². The summed E-state index contributed by atoms with van der Waals surface area (Å²) in [4.78, 5) is 30.2. The van der Waals surface area contributed by atoms with E-state index in [9.17, 15) is 0 Å². The molecule has 8 aromatic heterocycles. The third kappa shape index (κ3) is 3.74. The molecule has 0 radical (unpaired) electrons. The van der Waals surface area contributed by atoms with Crippen molar-refractivity contribution in [2.45, 2.75) is 0 Å². The molecular formula is C50H26N8. The summed E-state index contributed by atoms with van der Waals surface area (Å²) < 4.78 is 4.70. The standard InChI is InChI=1S/C50H26N8/c1-3-11-33-29(9-1)31-19-17-27(25-39(31)57-47-37-15-7-23-53-43(37)41-35(13-5-21-51-41)45(47)55-49(33)57)28-18-20-32-30-10-2-4-12-34(30)50-56-46-36-14-6-22-52-42(36)44-38(16-8-24-54-44)48(46)58(50)40(32)26-28/h1-26H. The molecule has 0 bridgehead atoms. The lowest BCUT2D eigenvalue weighted by atomic mass is 9.98. The molecule has 8 heterocycles. The van der Waals surface area contributed by atoms with Crippen molar-refractivity contribution in [1.82, 2.24) is 38.7 Å². The van der Waals surface area contributed by atoms with E-state index in [2.05, 4.69) is 118 Å². The molecule has 0 unspecified atom stereocenters. The topological polar surface area (TPSA) is 86.2 Å². The maximum atomic E-state index is 5.42. The van der Waals surface area contributed by atoms with E-state index < -0.39 is 0 Å². The second-order valence-corrected chi connectivity index (χ2v) is 15.1. The van der Waals surface area contributed by atoms with Crippen molar-refractivity contribution >= 4 is 120 Å². The molecule has 0 fully saturated rings. The molecule has 0 spiro atoms. The van der Waals surface area contributed by atoms with Crippen LogP contribution in [0.15, 0.2) is 158 Å². The molecule has 14 aromatic rings. The largest absolute Gasteiger partial charge is 0.291 e. The van der Waals surface area contributed by atoms with E-state index in [4.69, 9.17) is 29.9 Å². The summed E-state index contributed by atoms with van der Waals surface area (Å²) in [7, 11) is 0. The van der Waals surface area contributed by atoms with Gasteiger partial charge in [-0.25, -0.2) is 9.97 Å². The van der Waals surface area contributed by atoms with Crippen LogP contribution in [0.1, 0.15) is 0 Å². The first-order valence-corrected chi connectivity index (χ1v) is 19.4. The molecule has 0 saturated heterocycles.